The molecule has 0 unspecified atom stereocenters. The van der Waals surface area contributed by atoms with Gasteiger partial charge in [-0.15, -0.1) is 0 Å². The van der Waals surface area contributed by atoms with Gasteiger partial charge in [-0.05, 0) is 11.0 Å². The van der Waals surface area contributed by atoms with Crippen molar-refractivity contribution in [2.24, 2.45) is 0 Å². The normalized spacial score (nSPS) is 11.5. The molecule has 2 rings (SSSR count). The fourth-order valence-electron chi connectivity index (χ4n) is 1.80. The number of hydrogen-bond acceptors (Lipinski definition) is 4. The Bertz CT molecular complexity index is 607. The highest BCUT2D eigenvalue weighted by molar-refractivity contribution is 5.92. The van der Waals surface area contributed by atoms with E-state index in [-0.39, 0.29) is 22.9 Å². The summed E-state index contributed by atoms with van der Waals surface area (Å²) in [6, 6.07) is 7.37. The lowest BCUT2D eigenvalue weighted by Gasteiger charge is -2.18. The monoisotopic (exact) mass is 260 g/mol. The summed E-state index contributed by atoms with van der Waals surface area (Å²) in [6.45, 7) is 6.32. The van der Waals surface area contributed by atoms with Crippen LogP contribution in [0.15, 0.2) is 28.7 Å². The molecule has 0 atom stereocenters. The summed E-state index contributed by atoms with van der Waals surface area (Å²) < 4.78 is 5.17. The minimum absolute atomic E-state index is 0.0363. The van der Waals surface area contributed by atoms with Crippen molar-refractivity contribution in [3.05, 3.63) is 35.5 Å². The molecule has 0 bridgehead atoms. The van der Waals surface area contributed by atoms with Crippen molar-refractivity contribution in [3.8, 4) is 11.3 Å². The molecule has 1 aromatic heterocycles. The number of nitrogen functional groups attached to an aromatic ring is 1. The van der Waals surface area contributed by atoms with Crippen molar-refractivity contribution in [1.29, 1.82) is 0 Å². The maximum absolute atomic E-state index is 11.1. The smallest absolute Gasteiger partial charge is 0.358 e. The van der Waals surface area contributed by atoms with Crippen molar-refractivity contribution < 1.29 is 14.3 Å². The summed E-state index contributed by atoms with van der Waals surface area (Å²) in [5.41, 5.74) is 7.08. The van der Waals surface area contributed by atoms with Gasteiger partial charge in [-0.2, -0.15) is 4.98 Å². The first-order valence-electron chi connectivity index (χ1n) is 5.89. The van der Waals surface area contributed by atoms with E-state index in [0.29, 0.717) is 5.56 Å². The fraction of sp³-hybridized carbons (Fsp3) is 0.286. The molecule has 0 amide bonds. The van der Waals surface area contributed by atoms with E-state index in [9.17, 15) is 4.79 Å². The molecule has 1 aromatic carbocycles. The molecule has 0 aliphatic carbocycles. The lowest BCUT2D eigenvalue weighted by atomic mass is 9.86. The molecule has 0 saturated heterocycles. The lowest BCUT2D eigenvalue weighted by molar-refractivity contribution is 0.0691. The molecule has 0 spiro atoms. The van der Waals surface area contributed by atoms with Gasteiger partial charge >= 0.3 is 5.97 Å². The van der Waals surface area contributed by atoms with Gasteiger partial charge in [0.05, 0.1) is 0 Å². The zero-order valence-corrected chi connectivity index (χ0v) is 11.1. The third-order valence-electron chi connectivity index (χ3n) is 2.86. The summed E-state index contributed by atoms with van der Waals surface area (Å²) in [5, 5.41) is 9.05. The van der Waals surface area contributed by atoms with Crippen LogP contribution in [0.1, 0.15) is 36.8 Å². The Morgan fingerprint density at radius 2 is 1.84 bits per heavy atom. The van der Waals surface area contributed by atoms with E-state index < -0.39 is 5.97 Å². The second kappa shape index (κ2) is 4.42. The minimum Gasteiger partial charge on any atom is -0.476 e. The van der Waals surface area contributed by atoms with Crippen LogP contribution in [-0.4, -0.2) is 16.1 Å². The van der Waals surface area contributed by atoms with Gasteiger partial charge < -0.3 is 15.3 Å². The SMILES string of the molecule is CC(C)(C)c1ccc(-c2oc(N)nc2C(=O)O)cc1. The molecular formula is C14H16N2O3. The van der Waals surface area contributed by atoms with Gasteiger partial charge in [0.15, 0.2) is 11.5 Å². The number of anilines is 1. The Balaban J connectivity index is 2.46. The van der Waals surface area contributed by atoms with Crippen LogP contribution in [0.3, 0.4) is 0 Å². The number of aromatic carboxylic acids is 1. The summed E-state index contributed by atoms with van der Waals surface area (Å²) >= 11 is 0. The third-order valence-corrected chi connectivity index (χ3v) is 2.86. The van der Waals surface area contributed by atoms with Gasteiger partial charge in [0, 0.05) is 5.56 Å². The molecule has 1 heterocycles. The summed E-state index contributed by atoms with van der Waals surface area (Å²) in [5.74, 6) is -0.971. The molecular weight excluding hydrogens is 244 g/mol. The Kier molecular flexibility index (Phi) is 3.06. The van der Waals surface area contributed by atoms with Crippen LogP contribution in [0.25, 0.3) is 11.3 Å². The highest BCUT2D eigenvalue weighted by atomic mass is 16.4. The molecule has 5 nitrogen and oxygen atoms in total. The van der Waals surface area contributed by atoms with Gasteiger partial charge in [-0.3, -0.25) is 0 Å². The van der Waals surface area contributed by atoms with Gasteiger partial charge in [-0.1, -0.05) is 45.0 Å². The van der Waals surface area contributed by atoms with Crippen LogP contribution in [0.5, 0.6) is 0 Å². The van der Waals surface area contributed by atoms with E-state index in [1.807, 2.05) is 24.3 Å². The molecule has 0 aliphatic heterocycles. The number of rotatable bonds is 2. The zero-order valence-electron chi connectivity index (χ0n) is 11.1. The maximum atomic E-state index is 11.1. The van der Waals surface area contributed by atoms with Gasteiger partial charge in [0.25, 0.3) is 6.01 Å². The first kappa shape index (κ1) is 13.1. The number of carboxylic acids is 1. The number of benzene rings is 1. The number of hydrogen-bond donors (Lipinski definition) is 2. The van der Waals surface area contributed by atoms with Crippen LogP contribution in [0.2, 0.25) is 0 Å². The predicted octanol–water partition coefficient (Wildman–Crippen LogP) is 2.92. The summed E-state index contributed by atoms with van der Waals surface area (Å²) in [6.07, 6.45) is 0. The fourth-order valence-corrected chi connectivity index (χ4v) is 1.80. The van der Waals surface area contributed by atoms with E-state index >= 15 is 0 Å². The Morgan fingerprint density at radius 3 is 2.32 bits per heavy atom. The number of aromatic nitrogens is 1. The van der Waals surface area contributed by atoms with Gasteiger partial charge in [-0.25, -0.2) is 4.79 Å². The van der Waals surface area contributed by atoms with Crippen molar-refractivity contribution in [3.63, 3.8) is 0 Å². The van der Waals surface area contributed by atoms with Crippen LogP contribution >= 0.6 is 0 Å². The Labute approximate surface area is 111 Å². The topological polar surface area (TPSA) is 89.4 Å². The minimum atomic E-state index is -1.16. The van der Waals surface area contributed by atoms with Crippen molar-refractivity contribution in [1.82, 2.24) is 4.98 Å². The third kappa shape index (κ3) is 2.59. The number of carboxylic acid groups (broad SMARTS) is 1. The molecule has 0 fully saturated rings. The Hall–Kier alpha value is -2.30. The lowest BCUT2D eigenvalue weighted by Crippen LogP contribution is -2.10. The van der Waals surface area contributed by atoms with E-state index in [4.69, 9.17) is 15.3 Å². The summed E-state index contributed by atoms with van der Waals surface area (Å²) in [7, 11) is 0. The zero-order chi connectivity index (χ0) is 14.2. The largest absolute Gasteiger partial charge is 0.476 e. The van der Waals surface area contributed by atoms with Crippen LogP contribution < -0.4 is 5.73 Å². The molecule has 3 N–H and O–H groups in total. The summed E-state index contributed by atoms with van der Waals surface area (Å²) in [4.78, 5) is 14.7. The molecule has 0 aliphatic rings. The number of oxazole rings is 1. The van der Waals surface area contributed by atoms with Crippen LogP contribution in [0, 0.1) is 0 Å². The van der Waals surface area contributed by atoms with E-state index in [1.165, 1.54) is 0 Å². The second-order valence-electron chi connectivity index (χ2n) is 5.36. The van der Waals surface area contributed by atoms with Crippen molar-refractivity contribution >= 4 is 12.0 Å². The highest BCUT2D eigenvalue weighted by Crippen LogP contribution is 2.29. The predicted molar refractivity (Wildman–Crippen MR) is 72.0 cm³/mol. The van der Waals surface area contributed by atoms with E-state index in [0.717, 1.165) is 5.56 Å². The van der Waals surface area contributed by atoms with Crippen LogP contribution in [-0.2, 0) is 5.41 Å². The number of nitrogens with zero attached hydrogens (tertiary/aromatic N) is 1. The quantitative estimate of drug-likeness (QED) is 0.866. The van der Waals surface area contributed by atoms with Crippen molar-refractivity contribution in [2.75, 3.05) is 5.73 Å². The van der Waals surface area contributed by atoms with E-state index in [1.54, 1.807) is 0 Å². The Morgan fingerprint density at radius 1 is 1.26 bits per heavy atom. The number of nitrogens with two attached hydrogens (primary N) is 1. The average Bonchev–Trinajstić information content (AvgIpc) is 2.70. The van der Waals surface area contributed by atoms with Crippen LogP contribution in [0.4, 0.5) is 6.01 Å². The van der Waals surface area contributed by atoms with Gasteiger partial charge in [0.2, 0.25) is 0 Å². The number of carbonyl (C=O) groups is 1. The maximum Gasteiger partial charge on any atom is 0.358 e. The molecule has 19 heavy (non-hydrogen) atoms. The average molecular weight is 260 g/mol. The van der Waals surface area contributed by atoms with Crippen molar-refractivity contribution in [2.45, 2.75) is 26.2 Å². The molecule has 2 aromatic rings. The molecule has 5 heteroatoms. The molecule has 0 saturated carbocycles. The van der Waals surface area contributed by atoms with Gasteiger partial charge in [0.1, 0.15) is 0 Å². The molecule has 0 radical (unpaired) electrons. The highest BCUT2D eigenvalue weighted by Gasteiger charge is 2.20. The van der Waals surface area contributed by atoms with E-state index in [2.05, 4.69) is 25.8 Å². The molecule has 100 valence electrons. The standard InChI is InChI=1S/C14H16N2O3/c1-14(2,3)9-6-4-8(5-7-9)11-10(12(17)18)16-13(15)19-11/h4-7H,1-3H3,(H2,15,16)(H,17,18). The second-order valence-corrected chi connectivity index (χ2v) is 5.36. The first-order valence-corrected chi connectivity index (χ1v) is 5.89. The first-order chi connectivity index (χ1) is 8.79.